The maximum absolute atomic E-state index is 12.2. The third kappa shape index (κ3) is 6.85. The van der Waals surface area contributed by atoms with Gasteiger partial charge in [-0.15, -0.1) is 0 Å². The van der Waals surface area contributed by atoms with E-state index in [1.165, 1.54) is 5.56 Å². The summed E-state index contributed by atoms with van der Waals surface area (Å²) in [5.41, 5.74) is 1.31. The van der Waals surface area contributed by atoms with Gasteiger partial charge in [-0.2, -0.15) is 0 Å². The van der Waals surface area contributed by atoms with Gasteiger partial charge in [0, 0.05) is 51.2 Å². The topological polar surface area (TPSA) is 35.6 Å². The fourth-order valence-corrected chi connectivity index (χ4v) is 2.78. The summed E-state index contributed by atoms with van der Waals surface area (Å²) in [7, 11) is 0. The molecule has 1 heterocycles. The minimum Gasteiger partial charge on any atom is -0.340 e. The smallest absolute Gasteiger partial charge is 0.223 e. The second-order valence-corrected chi connectivity index (χ2v) is 7.42. The van der Waals surface area contributed by atoms with Crippen LogP contribution in [0.1, 0.15) is 32.8 Å². The molecule has 1 aliphatic rings. The van der Waals surface area contributed by atoms with Gasteiger partial charge in [-0.25, -0.2) is 0 Å². The largest absolute Gasteiger partial charge is 0.340 e. The molecule has 1 amide bonds. The molecule has 2 rings (SSSR count). The fraction of sp³-hybridized carbons (Fsp3) is 0.550. The van der Waals surface area contributed by atoms with E-state index in [1.54, 1.807) is 0 Å². The Kier molecular flexibility index (Phi) is 7.00. The van der Waals surface area contributed by atoms with Gasteiger partial charge < -0.3 is 10.2 Å². The van der Waals surface area contributed by atoms with E-state index in [4.69, 9.17) is 0 Å². The monoisotopic (exact) mass is 329 g/mol. The second kappa shape index (κ2) is 9.00. The number of hydrogen-bond donors (Lipinski definition) is 1. The molecular weight excluding hydrogens is 298 g/mol. The molecule has 0 aromatic heterocycles. The third-order valence-corrected chi connectivity index (χ3v) is 4.19. The average molecular weight is 329 g/mol. The summed E-state index contributed by atoms with van der Waals surface area (Å²) in [5.74, 6) is 0.270. The van der Waals surface area contributed by atoms with E-state index >= 15 is 0 Å². The molecule has 0 radical (unpaired) electrons. The highest BCUT2D eigenvalue weighted by Gasteiger charge is 2.20. The van der Waals surface area contributed by atoms with Gasteiger partial charge in [-0.1, -0.05) is 42.5 Å². The van der Waals surface area contributed by atoms with Crippen LogP contribution in [0.15, 0.2) is 36.4 Å². The molecule has 1 aliphatic heterocycles. The first-order valence-corrected chi connectivity index (χ1v) is 8.91. The van der Waals surface area contributed by atoms with Crippen molar-refractivity contribution < 1.29 is 4.79 Å². The highest BCUT2D eigenvalue weighted by Crippen LogP contribution is 2.06. The van der Waals surface area contributed by atoms with Gasteiger partial charge in [0.2, 0.25) is 5.91 Å². The number of benzene rings is 1. The first-order chi connectivity index (χ1) is 11.4. The van der Waals surface area contributed by atoms with Crippen molar-refractivity contribution in [2.45, 2.75) is 32.7 Å². The van der Waals surface area contributed by atoms with E-state index < -0.39 is 0 Å². The number of carbonyl (C=O) groups is 1. The summed E-state index contributed by atoms with van der Waals surface area (Å²) in [6.07, 6.45) is 4.96. The Morgan fingerprint density at radius 1 is 1.12 bits per heavy atom. The summed E-state index contributed by atoms with van der Waals surface area (Å²) >= 11 is 0. The van der Waals surface area contributed by atoms with Crippen LogP contribution in [0, 0.1) is 0 Å². The number of amides is 1. The number of nitrogens with zero attached hydrogens (tertiary/aromatic N) is 2. The van der Waals surface area contributed by atoms with E-state index in [9.17, 15) is 4.79 Å². The Bertz CT molecular complexity index is 526. The molecule has 1 aromatic rings. The van der Waals surface area contributed by atoms with Crippen molar-refractivity contribution in [2.75, 3.05) is 39.3 Å². The standard InChI is InChI=1S/C20H31N3O/c1-20(2,3)21-12-11-19(24)23-16-14-22(15-17-23)13-7-10-18-8-5-4-6-9-18/h4-10,21H,11-17H2,1-3H3/b10-7+. The van der Waals surface area contributed by atoms with Crippen LogP contribution in [0.4, 0.5) is 0 Å². The molecule has 1 N–H and O–H groups in total. The molecule has 0 saturated carbocycles. The van der Waals surface area contributed by atoms with E-state index in [0.29, 0.717) is 6.42 Å². The molecule has 24 heavy (non-hydrogen) atoms. The van der Waals surface area contributed by atoms with Gasteiger partial charge in [0.05, 0.1) is 0 Å². The van der Waals surface area contributed by atoms with E-state index in [-0.39, 0.29) is 11.4 Å². The molecule has 4 heteroatoms. The Labute approximate surface area is 146 Å². The van der Waals surface area contributed by atoms with Gasteiger partial charge in [0.25, 0.3) is 0 Å². The molecule has 0 bridgehead atoms. The van der Waals surface area contributed by atoms with Crippen LogP contribution in [-0.4, -0.2) is 60.5 Å². The number of piperazine rings is 1. The lowest BCUT2D eigenvalue weighted by atomic mass is 10.1. The fourth-order valence-electron chi connectivity index (χ4n) is 2.78. The minimum atomic E-state index is 0.0735. The van der Waals surface area contributed by atoms with Crippen LogP contribution in [0.3, 0.4) is 0 Å². The Hall–Kier alpha value is -1.65. The Balaban J connectivity index is 1.66. The Morgan fingerprint density at radius 3 is 2.42 bits per heavy atom. The highest BCUT2D eigenvalue weighted by atomic mass is 16.2. The zero-order chi connectivity index (χ0) is 17.4. The zero-order valence-corrected chi connectivity index (χ0v) is 15.3. The minimum absolute atomic E-state index is 0.0735. The molecule has 1 fully saturated rings. The van der Waals surface area contributed by atoms with Crippen LogP contribution in [0.25, 0.3) is 6.08 Å². The maximum atomic E-state index is 12.2. The number of rotatable bonds is 6. The molecule has 4 nitrogen and oxygen atoms in total. The number of nitrogens with one attached hydrogen (secondary N) is 1. The van der Waals surface area contributed by atoms with Crippen molar-refractivity contribution in [3.63, 3.8) is 0 Å². The van der Waals surface area contributed by atoms with Gasteiger partial charge >= 0.3 is 0 Å². The molecule has 0 aliphatic carbocycles. The summed E-state index contributed by atoms with van der Waals surface area (Å²) in [4.78, 5) is 16.6. The Morgan fingerprint density at radius 2 is 1.79 bits per heavy atom. The van der Waals surface area contributed by atoms with Crippen LogP contribution in [-0.2, 0) is 4.79 Å². The van der Waals surface area contributed by atoms with Crippen molar-refractivity contribution in [3.8, 4) is 0 Å². The van der Waals surface area contributed by atoms with E-state index in [1.807, 2.05) is 11.0 Å². The molecule has 1 saturated heterocycles. The van der Waals surface area contributed by atoms with Crippen molar-refractivity contribution in [3.05, 3.63) is 42.0 Å². The van der Waals surface area contributed by atoms with Gasteiger partial charge in [0.1, 0.15) is 0 Å². The average Bonchev–Trinajstić information content (AvgIpc) is 2.55. The SMILES string of the molecule is CC(C)(C)NCCC(=O)N1CCN(C/C=C/c2ccccc2)CC1. The van der Waals surface area contributed by atoms with Crippen molar-refractivity contribution >= 4 is 12.0 Å². The lowest BCUT2D eigenvalue weighted by molar-refractivity contribution is -0.132. The number of hydrogen-bond acceptors (Lipinski definition) is 3. The quantitative estimate of drug-likeness (QED) is 0.871. The maximum Gasteiger partial charge on any atom is 0.223 e. The van der Waals surface area contributed by atoms with Crippen LogP contribution < -0.4 is 5.32 Å². The predicted octanol–water partition coefficient (Wildman–Crippen LogP) is 2.62. The van der Waals surface area contributed by atoms with Gasteiger partial charge in [-0.05, 0) is 26.3 Å². The van der Waals surface area contributed by atoms with Crippen LogP contribution in [0.5, 0.6) is 0 Å². The number of carbonyl (C=O) groups excluding carboxylic acids is 1. The zero-order valence-electron chi connectivity index (χ0n) is 15.3. The van der Waals surface area contributed by atoms with Gasteiger partial charge in [0.15, 0.2) is 0 Å². The highest BCUT2D eigenvalue weighted by molar-refractivity contribution is 5.76. The lowest BCUT2D eigenvalue weighted by Gasteiger charge is -2.34. The van der Waals surface area contributed by atoms with Crippen molar-refractivity contribution in [1.29, 1.82) is 0 Å². The van der Waals surface area contributed by atoms with Crippen molar-refractivity contribution in [1.82, 2.24) is 15.1 Å². The normalized spacial score (nSPS) is 16.7. The first-order valence-electron chi connectivity index (χ1n) is 8.91. The summed E-state index contributed by atoms with van der Waals surface area (Å²) < 4.78 is 0. The first kappa shape index (κ1) is 18.7. The third-order valence-electron chi connectivity index (χ3n) is 4.19. The van der Waals surface area contributed by atoms with E-state index in [2.05, 4.69) is 67.4 Å². The molecule has 1 aromatic carbocycles. The molecule has 0 spiro atoms. The summed E-state index contributed by atoms with van der Waals surface area (Å²) in [6, 6.07) is 10.4. The summed E-state index contributed by atoms with van der Waals surface area (Å²) in [6.45, 7) is 11.7. The molecule has 0 unspecified atom stereocenters. The predicted molar refractivity (Wildman–Crippen MR) is 101 cm³/mol. The van der Waals surface area contributed by atoms with Crippen LogP contribution in [0.2, 0.25) is 0 Å². The van der Waals surface area contributed by atoms with Crippen molar-refractivity contribution in [2.24, 2.45) is 0 Å². The van der Waals surface area contributed by atoms with Gasteiger partial charge in [-0.3, -0.25) is 9.69 Å². The summed E-state index contributed by atoms with van der Waals surface area (Å²) in [5, 5.41) is 3.38. The lowest BCUT2D eigenvalue weighted by Crippen LogP contribution is -2.49. The van der Waals surface area contributed by atoms with Crippen LogP contribution >= 0.6 is 0 Å². The molecule has 132 valence electrons. The van der Waals surface area contributed by atoms with E-state index in [0.717, 1.165) is 39.3 Å². The second-order valence-electron chi connectivity index (χ2n) is 7.42. The molecule has 0 atom stereocenters. The molecular formula is C20H31N3O.